The van der Waals surface area contributed by atoms with Gasteiger partial charge < -0.3 is 4.90 Å². The monoisotopic (exact) mass is 369 g/mol. The molecular formula is C10H10BrFIN. The summed E-state index contributed by atoms with van der Waals surface area (Å²) in [5.41, 5.74) is 0.986. The van der Waals surface area contributed by atoms with E-state index >= 15 is 0 Å². The van der Waals surface area contributed by atoms with Crippen molar-refractivity contribution in [1.82, 2.24) is 0 Å². The zero-order chi connectivity index (χ0) is 10.1. The Bertz CT molecular complexity index is 350. The van der Waals surface area contributed by atoms with E-state index in [0.717, 1.165) is 23.2 Å². The van der Waals surface area contributed by atoms with Gasteiger partial charge in [0.2, 0.25) is 0 Å². The van der Waals surface area contributed by atoms with E-state index in [-0.39, 0.29) is 5.82 Å². The Kier molecular flexibility index (Phi) is 3.31. The molecule has 14 heavy (non-hydrogen) atoms. The van der Waals surface area contributed by atoms with E-state index in [9.17, 15) is 4.39 Å². The van der Waals surface area contributed by atoms with Crippen molar-refractivity contribution in [3.63, 3.8) is 0 Å². The van der Waals surface area contributed by atoms with Crippen molar-refractivity contribution in [3.05, 3.63) is 26.0 Å². The molecule has 1 aromatic rings. The predicted octanol–water partition coefficient (Wildman–Crippen LogP) is 3.79. The second-order valence-corrected chi connectivity index (χ2v) is 5.43. The van der Waals surface area contributed by atoms with Gasteiger partial charge in [-0.3, -0.25) is 0 Å². The summed E-state index contributed by atoms with van der Waals surface area (Å²) in [6, 6.07) is 3.46. The number of hydrogen-bond donors (Lipinski definition) is 0. The first kappa shape index (κ1) is 10.7. The molecule has 0 spiro atoms. The van der Waals surface area contributed by atoms with Gasteiger partial charge in [0.25, 0.3) is 0 Å². The first-order valence-corrected chi connectivity index (χ1v) is 6.45. The Labute approximate surface area is 105 Å². The summed E-state index contributed by atoms with van der Waals surface area (Å²) in [5.74, 6) is -0.129. The molecule has 1 aliphatic rings. The van der Waals surface area contributed by atoms with Gasteiger partial charge in [0.1, 0.15) is 5.82 Å². The van der Waals surface area contributed by atoms with Gasteiger partial charge in [0.05, 0.1) is 9.26 Å². The van der Waals surface area contributed by atoms with Crippen LogP contribution in [0.4, 0.5) is 10.1 Å². The molecule has 0 amide bonds. The molecule has 2 rings (SSSR count). The van der Waals surface area contributed by atoms with E-state index in [1.807, 2.05) is 28.7 Å². The standard InChI is InChI=1S/C10H10BrFIN/c11-7-5-9(13)8(12)6-10(7)14-3-1-2-4-14/h5-6H,1-4H2. The highest BCUT2D eigenvalue weighted by molar-refractivity contribution is 14.1. The van der Waals surface area contributed by atoms with Crippen LogP contribution in [0.5, 0.6) is 0 Å². The van der Waals surface area contributed by atoms with Gasteiger partial charge in [-0.25, -0.2) is 4.39 Å². The minimum atomic E-state index is -0.129. The van der Waals surface area contributed by atoms with Crippen LogP contribution in [0.25, 0.3) is 0 Å². The molecule has 0 bridgehead atoms. The van der Waals surface area contributed by atoms with Crippen LogP contribution in [-0.2, 0) is 0 Å². The average molecular weight is 370 g/mol. The Morgan fingerprint density at radius 3 is 2.57 bits per heavy atom. The average Bonchev–Trinajstić information content (AvgIpc) is 2.64. The number of rotatable bonds is 1. The molecule has 0 atom stereocenters. The summed E-state index contributed by atoms with van der Waals surface area (Å²) >= 11 is 5.48. The third-order valence-electron chi connectivity index (χ3n) is 2.44. The molecule has 0 radical (unpaired) electrons. The Morgan fingerprint density at radius 1 is 1.29 bits per heavy atom. The molecule has 1 nitrogen and oxygen atoms in total. The van der Waals surface area contributed by atoms with Gasteiger partial charge in [0.15, 0.2) is 0 Å². The second-order valence-electron chi connectivity index (χ2n) is 3.41. The van der Waals surface area contributed by atoms with Crippen LogP contribution in [0, 0.1) is 9.39 Å². The summed E-state index contributed by atoms with van der Waals surface area (Å²) in [6.45, 7) is 2.08. The van der Waals surface area contributed by atoms with Gasteiger partial charge in [-0.2, -0.15) is 0 Å². The minimum absolute atomic E-state index is 0.129. The summed E-state index contributed by atoms with van der Waals surface area (Å²) in [5, 5.41) is 0. The van der Waals surface area contributed by atoms with Crippen molar-refractivity contribution >= 4 is 44.2 Å². The highest BCUT2D eigenvalue weighted by Gasteiger charge is 2.16. The van der Waals surface area contributed by atoms with Crippen LogP contribution in [0.1, 0.15) is 12.8 Å². The fourth-order valence-electron chi connectivity index (χ4n) is 1.71. The fourth-order valence-corrected chi connectivity index (χ4v) is 3.20. The maximum absolute atomic E-state index is 13.4. The Balaban J connectivity index is 2.37. The lowest BCUT2D eigenvalue weighted by atomic mass is 10.3. The Morgan fingerprint density at radius 2 is 1.93 bits per heavy atom. The first-order valence-electron chi connectivity index (χ1n) is 4.58. The van der Waals surface area contributed by atoms with Crippen molar-refractivity contribution in [2.45, 2.75) is 12.8 Å². The molecule has 1 fully saturated rings. The maximum atomic E-state index is 13.4. The molecule has 0 aromatic heterocycles. The molecule has 1 aromatic carbocycles. The number of benzene rings is 1. The Hall–Kier alpha value is 0.160. The predicted molar refractivity (Wildman–Crippen MR) is 68.3 cm³/mol. The lowest BCUT2D eigenvalue weighted by Crippen LogP contribution is -2.18. The van der Waals surface area contributed by atoms with E-state index in [4.69, 9.17) is 0 Å². The zero-order valence-corrected chi connectivity index (χ0v) is 11.3. The minimum Gasteiger partial charge on any atom is -0.371 e. The van der Waals surface area contributed by atoms with Crippen molar-refractivity contribution in [1.29, 1.82) is 0 Å². The van der Waals surface area contributed by atoms with E-state index in [0.29, 0.717) is 3.57 Å². The molecule has 1 heterocycles. The van der Waals surface area contributed by atoms with Gasteiger partial charge in [-0.05, 0) is 63.5 Å². The highest BCUT2D eigenvalue weighted by atomic mass is 127. The molecule has 0 N–H and O–H groups in total. The van der Waals surface area contributed by atoms with Crippen LogP contribution in [0.2, 0.25) is 0 Å². The molecule has 1 aliphatic heterocycles. The highest BCUT2D eigenvalue weighted by Crippen LogP contribution is 2.31. The molecule has 4 heteroatoms. The number of halogens is 3. The summed E-state index contributed by atoms with van der Waals surface area (Å²) in [4.78, 5) is 2.23. The second kappa shape index (κ2) is 4.35. The van der Waals surface area contributed by atoms with Crippen molar-refractivity contribution in [2.24, 2.45) is 0 Å². The summed E-state index contributed by atoms with van der Waals surface area (Å²) in [7, 11) is 0. The molecule has 76 valence electrons. The number of hydrogen-bond acceptors (Lipinski definition) is 1. The summed E-state index contributed by atoms with van der Waals surface area (Å²) in [6.07, 6.45) is 2.42. The smallest absolute Gasteiger partial charge is 0.138 e. The van der Waals surface area contributed by atoms with E-state index in [2.05, 4.69) is 20.8 Å². The topological polar surface area (TPSA) is 3.24 Å². The van der Waals surface area contributed by atoms with Gasteiger partial charge in [-0.15, -0.1) is 0 Å². The third-order valence-corrected chi connectivity index (χ3v) is 3.90. The number of anilines is 1. The molecule has 0 unspecified atom stereocenters. The molecular weight excluding hydrogens is 360 g/mol. The maximum Gasteiger partial charge on any atom is 0.138 e. The number of nitrogens with zero attached hydrogens (tertiary/aromatic N) is 1. The summed E-state index contributed by atoms with van der Waals surface area (Å²) < 4.78 is 15.0. The van der Waals surface area contributed by atoms with E-state index in [1.165, 1.54) is 12.8 Å². The van der Waals surface area contributed by atoms with Crippen molar-refractivity contribution in [2.75, 3.05) is 18.0 Å². The van der Waals surface area contributed by atoms with Gasteiger partial charge in [0, 0.05) is 17.6 Å². The van der Waals surface area contributed by atoms with Crippen LogP contribution in [0.15, 0.2) is 16.6 Å². The lowest BCUT2D eigenvalue weighted by molar-refractivity contribution is 0.619. The first-order chi connectivity index (χ1) is 6.68. The van der Waals surface area contributed by atoms with Crippen LogP contribution in [0.3, 0.4) is 0 Å². The lowest BCUT2D eigenvalue weighted by Gasteiger charge is -2.19. The van der Waals surface area contributed by atoms with Crippen LogP contribution in [-0.4, -0.2) is 13.1 Å². The third kappa shape index (κ3) is 2.05. The molecule has 0 saturated carbocycles. The molecule has 0 aliphatic carbocycles. The normalized spacial score (nSPS) is 16.4. The quantitative estimate of drug-likeness (QED) is 0.537. The van der Waals surface area contributed by atoms with Crippen LogP contribution < -0.4 is 4.90 Å². The van der Waals surface area contributed by atoms with E-state index in [1.54, 1.807) is 6.07 Å². The largest absolute Gasteiger partial charge is 0.371 e. The molecule has 1 saturated heterocycles. The fraction of sp³-hybridized carbons (Fsp3) is 0.400. The van der Waals surface area contributed by atoms with Crippen molar-refractivity contribution in [3.8, 4) is 0 Å². The van der Waals surface area contributed by atoms with Gasteiger partial charge in [-0.1, -0.05) is 0 Å². The van der Waals surface area contributed by atoms with Crippen molar-refractivity contribution < 1.29 is 4.39 Å². The van der Waals surface area contributed by atoms with E-state index < -0.39 is 0 Å². The van der Waals surface area contributed by atoms with Gasteiger partial charge >= 0.3 is 0 Å². The SMILES string of the molecule is Fc1cc(N2CCCC2)c(Br)cc1I. The zero-order valence-electron chi connectivity index (χ0n) is 7.56. The van der Waals surface area contributed by atoms with Crippen LogP contribution >= 0.6 is 38.5 Å².